The Morgan fingerprint density at radius 3 is 2.35 bits per heavy atom. The molecule has 0 radical (unpaired) electrons. The van der Waals surface area contributed by atoms with Crippen molar-refractivity contribution >= 4 is 22.7 Å². The Balaban J connectivity index is 1.64. The number of carbonyl (C=O) groups excluding carboxylic acids is 2. The number of amides is 2. The Morgan fingerprint density at radius 2 is 1.71 bits per heavy atom. The van der Waals surface area contributed by atoms with E-state index >= 15 is 0 Å². The van der Waals surface area contributed by atoms with Crippen LogP contribution in [0.4, 0.5) is 4.39 Å². The number of hydrogen-bond acceptors (Lipinski definition) is 2. The molecule has 0 spiro atoms. The summed E-state index contributed by atoms with van der Waals surface area (Å²) in [4.78, 5) is 31.8. The molecule has 31 heavy (non-hydrogen) atoms. The molecular formula is C25H28FN3O2. The van der Waals surface area contributed by atoms with Crippen molar-refractivity contribution in [2.75, 3.05) is 26.2 Å². The number of H-pyrrole nitrogens is 1. The number of aromatic nitrogens is 1. The van der Waals surface area contributed by atoms with Gasteiger partial charge >= 0.3 is 0 Å². The van der Waals surface area contributed by atoms with Gasteiger partial charge in [0.1, 0.15) is 5.82 Å². The predicted molar refractivity (Wildman–Crippen MR) is 119 cm³/mol. The van der Waals surface area contributed by atoms with Crippen LogP contribution in [0, 0.1) is 5.82 Å². The SMILES string of the molecule is CCc1cccc2c(C(CC(=O)N3CCN(C(C)=O)CC3)c3ccc(F)cc3)c[nH]c12. The number of carbonyl (C=O) groups is 2. The highest BCUT2D eigenvalue weighted by Crippen LogP contribution is 2.35. The molecule has 2 heterocycles. The van der Waals surface area contributed by atoms with Gasteiger partial charge in [-0.1, -0.05) is 37.3 Å². The number of hydrogen-bond donors (Lipinski definition) is 1. The molecule has 1 fully saturated rings. The smallest absolute Gasteiger partial charge is 0.223 e. The summed E-state index contributed by atoms with van der Waals surface area (Å²) in [5, 5.41) is 1.10. The fraction of sp³-hybridized carbons (Fsp3) is 0.360. The van der Waals surface area contributed by atoms with Crippen LogP contribution in [0.15, 0.2) is 48.7 Å². The number of fused-ring (bicyclic) bond motifs is 1. The molecule has 3 aromatic rings. The zero-order valence-corrected chi connectivity index (χ0v) is 18.0. The maximum absolute atomic E-state index is 13.6. The van der Waals surface area contributed by atoms with E-state index in [1.807, 2.05) is 17.2 Å². The number of piperazine rings is 1. The first-order valence-corrected chi connectivity index (χ1v) is 10.9. The van der Waals surface area contributed by atoms with Crippen molar-refractivity contribution in [1.29, 1.82) is 0 Å². The topological polar surface area (TPSA) is 56.4 Å². The number of nitrogens with zero attached hydrogens (tertiary/aromatic N) is 2. The number of aryl methyl sites for hydroxylation is 1. The lowest BCUT2D eigenvalue weighted by Crippen LogP contribution is -2.50. The normalized spacial score (nSPS) is 15.3. The van der Waals surface area contributed by atoms with Gasteiger partial charge in [-0.2, -0.15) is 0 Å². The maximum atomic E-state index is 13.6. The van der Waals surface area contributed by atoms with Crippen LogP contribution in [-0.2, 0) is 16.0 Å². The van der Waals surface area contributed by atoms with Gasteiger partial charge in [0.05, 0.1) is 0 Å². The lowest BCUT2D eigenvalue weighted by atomic mass is 9.87. The third kappa shape index (κ3) is 4.33. The zero-order valence-electron chi connectivity index (χ0n) is 18.0. The van der Waals surface area contributed by atoms with E-state index in [1.54, 1.807) is 24.0 Å². The van der Waals surface area contributed by atoms with Crippen molar-refractivity contribution in [1.82, 2.24) is 14.8 Å². The number of nitrogens with one attached hydrogen (secondary N) is 1. The summed E-state index contributed by atoms with van der Waals surface area (Å²) in [6.45, 7) is 5.90. The lowest BCUT2D eigenvalue weighted by molar-refractivity contribution is -0.138. The van der Waals surface area contributed by atoms with Gasteiger partial charge < -0.3 is 14.8 Å². The van der Waals surface area contributed by atoms with Crippen molar-refractivity contribution in [2.24, 2.45) is 0 Å². The summed E-state index contributed by atoms with van der Waals surface area (Å²) in [6.07, 6.45) is 3.20. The van der Waals surface area contributed by atoms with Gasteiger partial charge in [0, 0.05) is 62.5 Å². The molecule has 2 amide bonds. The highest BCUT2D eigenvalue weighted by atomic mass is 19.1. The average molecular weight is 422 g/mol. The van der Waals surface area contributed by atoms with E-state index in [4.69, 9.17) is 0 Å². The van der Waals surface area contributed by atoms with Crippen LogP contribution in [0.3, 0.4) is 0 Å². The van der Waals surface area contributed by atoms with Crippen LogP contribution >= 0.6 is 0 Å². The van der Waals surface area contributed by atoms with E-state index in [1.165, 1.54) is 17.7 Å². The minimum absolute atomic E-state index is 0.0433. The molecule has 1 unspecified atom stereocenters. The minimum Gasteiger partial charge on any atom is -0.361 e. The largest absolute Gasteiger partial charge is 0.361 e. The van der Waals surface area contributed by atoms with Gasteiger partial charge in [0.15, 0.2) is 0 Å². The van der Waals surface area contributed by atoms with Crippen molar-refractivity contribution in [3.63, 3.8) is 0 Å². The highest BCUT2D eigenvalue weighted by Gasteiger charge is 2.27. The van der Waals surface area contributed by atoms with E-state index in [9.17, 15) is 14.0 Å². The highest BCUT2D eigenvalue weighted by molar-refractivity contribution is 5.88. The second kappa shape index (κ2) is 8.92. The second-order valence-electron chi connectivity index (χ2n) is 8.13. The minimum atomic E-state index is -0.290. The lowest BCUT2D eigenvalue weighted by Gasteiger charge is -2.35. The molecule has 0 bridgehead atoms. The summed E-state index contributed by atoms with van der Waals surface area (Å²) in [7, 11) is 0. The predicted octanol–water partition coefficient (Wildman–Crippen LogP) is 4.08. The first-order valence-electron chi connectivity index (χ1n) is 10.9. The molecule has 0 aliphatic carbocycles. The number of aromatic amines is 1. The Morgan fingerprint density at radius 1 is 1.03 bits per heavy atom. The van der Waals surface area contributed by atoms with E-state index in [-0.39, 0.29) is 23.5 Å². The van der Waals surface area contributed by atoms with Crippen molar-refractivity contribution < 1.29 is 14.0 Å². The molecule has 5 nitrogen and oxygen atoms in total. The summed E-state index contributed by atoms with van der Waals surface area (Å²) in [6, 6.07) is 12.7. The van der Waals surface area contributed by atoms with Crippen LogP contribution < -0.4 is 0 Å². The molecule has 1 atom stereocenters. The van der Waals surface area contributed by atoms with Gasteiger partial charge in [0.25, 0.3) is 0 Å². The fourth-order valence-corrected chi connectivity index (χ4v) is 4.50. The maximum Gasteiger partial charge on any atom is 0.223 e. The van der Waals surface area contributed by atoms with E-state index in [2.05, 4.69) is 24.0 Å². The average Bonchev–Trinajstić information content (AvgIpc) is 3.22. The number of rotatable bonds is 5. The molecule has 1 aliphatic heterocycles. The summed E-state index contributed by atoms with van der Waals surface area (Å²) in [5.41, 5.74) is 4.29. The molecule has 2 aromatic carbocycles. The van der Waals surface area contributed by atoms with E-state index in [0.717, 1.165) is 28.5 Å². The molecule has 6 heteroatoms. The molecule has 1 saturated heterocycles. The van der Waals surface area contributed by atoms with Crippen LogP contribution in [0.5, 0.6) is 0 Å². The molecule has 162 valence electrons. The first-order chi connectivity index (χ1) is 15.0. The van der Waals surface area contributed by atoms with E-state index in [0.29, 0.717) is 32.6 Å². The van der Waals surface area contributed by atoms with Gasteiger partial charge in [-0.3, -0.25) is 9.59 Å². The second-order valence-corrected chi connectivity index (χ2v) is 8.13. The summed E-state index contributed by atoms with van der Waals surface area (Å²) in [5.74, 6) is -0.374. The van der Waals surface area contributed by atoms with Crippen LogP contribution in [-0.4, -0.2) is 52.8 Å². The van der Waals surface area contributed by atoms with Crippen molar-refractivity contribution in [3.05, 3.63) is 71.2 Å². The van der Waals surface area contributed by atoms with Crippen LogP contribution in [0.1, 0.15) is 42.9 Å². The van der Waals surface area contributed by atoms with Gasteiger partial charge in [0.2, 0.25) is 11.8 Å². The quantitative estimate of drug-likeness (QED) is 0.675. The zero-order chi connectivity index (χ0) is 22.0. The molecular weight excluding hydrogens is 393 g/mol. The molecule has 0 saturated carbocycles. The van der Waals surface area contributed by atoms with Gasteiger partial charge in [-0.15, -0.1) is 0 Å². The number of para-hydroxylation sites is 1. The molecule has 4 rings (SSSR count). The monoisotopic (exact) mass is 421 g/mol. The third-order valence-corrected chi connectivity index (χ3v) is 6.32. The summed E-state index contributed by atoms with van der Waals surface area (Å²) < 4.78 is 13.6. The van der Waals surface area contributed by atoms with Crippen LogP contribution in [0.25, 0.3) is 10.9 Å². The molecule has 1 aromatic heterocycles. The van der Waals surface area contributed by atoms with Crippen LogP contribution in [0.2, 0.25) is 0 Å². The molecule has 1 aliphatic rings. The standard InChI is InChI=1S/C25H28FN3O2/c1-3-18-5-4-6-21-23(16-27-25(18)21)22(19-7-9-20(26)10-8-19)15-24(31)29-13-11-28(12-14-29)17(2)30/h4-10,16,22,27H,3,11-15H2,1-2H3. The van der Waals surface area contributed by atoms with Gasteiger partial charge in [-0.05, 0) is 35.2 Å². The number of halogens is 1. The Kier molecular flexibility index (Phi) is 6.07. The number of benzene rings is 2. The van der Waals surface area contributed by atoms with E-state index < -0.39 is 0 Å². The first kappa shape index (κ1) is 21.1. The Bertz CT molecular complexity index is 1080. The third-order valence-electron chi connectivity index (χ3n) is 6.32. The van der Waals surface area contributed by atoms with Gasteiger partial charge in [-0.25, -0.2) is 4.39 Å². The Hall–Kier alpha value is -3.15. The Labute approximate surface area is 181 Å². The van der Waals surface area contributed by atoms with Crippen molar-refractivity contribution in [3.8, 4) is 0 Å². The molecule has 1 N–H and O–H groups in total. The fourth-order valence-electron chi connectivity index (χ4n) is 4.50. The van der Waals surface area contributed by atoms with Crippen molar-refractivity contribution in [2.45, 2.75) is 32.6 Å². The summed E-state index contributed by atoms with van der Waals surface area (Å²) >= 11 is 0.